The zero-order chi connectivity index (χ0) is 15.5. The van der Waals surface area contributed by atoms with E-state index in [1.54, 1.807) is 24.3 Å². The summed E-state index contributed by atoms with van der Waals surface area (Å²) in [6, 6.07) is 19.5. The van der Waals surface area contributed by atoms with E-state index in [-0.39, 0.29) is 11.4 Å². The summed E-state index contributed by atoms with van der Waals surface area (Å²) in [5.41, 5.74) is 8.34. The molecule has 3 aromatic rings. The van der Waals surface area contributed by atoms with Crippen LogP contribution in [-0.2, 0) is 0 Å². The van der Waals surface area contributed by atoms with Gasteiger partial charge in [0.25, 0.3) is 0 Å². The molecule has 0 saturated heterocycles. The molecular weight excluding hydrogens is 277 g/mol. The maximum Gasteiger partial charge on any atom is 0.142 e. The van der Waals surface area contributed by atoms with E-state index in [1.807, 2.05) is 36.4 Å². The lowest BCUT2D eigenvalue weighted by molar-refractivity contribution is 0.631. The molecule has 3 rings (SSSR count). The lowest BCUT2D eigenvalue weighted by atomic mass is 9.98. The van der Waals surface area contributed by atoms with Gasteiger partial charge in [-0.05, 0) is 12.1 Å². The summed E-state index contributed by atoms with van der Waals surface area (Å²) in [6.07, 6.45) is 0. The summed E-state index contributed by atoms with van der Waals surface area (Å²) < 4.78 is 14.1. The second-order valence-electron chi connectivity index (χ2n) is 4.77. The molecule has 0 atom stereocenters. The molecule has 0 spiro atoms. The van der Waals surface area contributed by atoms with E-state index in [1.165, 1.54) is 6.07 Å². The van der Waals surface area contributed by atoms with Crippen molar-refractivity contribution in [3.8, 4) is 28.5 Å². The van der Waals surface area contributed by atoms with Gasteiger partial charge in [0.1, 0.15) is 23.3 Å². The van der Waals surface area contributed by atoms with Crippen LogP contribution in [0.4, 0.5) is 10.2 Å². The third kappa shape index (κ3) is 2.40. The number of nitrogens with two attached hydrogens (primary N) is 1. The zero-order valence-corrected chi connectivity index (χ0v) is 11.6. The van der Waals surface area contributed by atoms with Crippen molar-refractivity contribution in [2.45, 2.75) is 0 Å². The Labute approximate surface area is 127 Å². The van der Waals surface area contributed by atoms with Crippen LogP contribution in [0, 0.1) is 17.1 Å². The molecule has 22 heavy (non-hydrogen) atoms. The third-order valence-corrected chi connectivity index (χ3v) is 3.39. The Kier molecular flexibility index (Phi) is 3.55. The van der Waals surface area contributed by atoms with Crippen molar-refractivity contribution >= 4 is 5.82 Å². The first-order valence-corrected chi connectivity index (χ1v) is 6.71. The second kappa shape index (κ2) is 5.66. The molecule has 0 aliphatic carbocycles. The smallest absolute Gasteiger partial charge is 0.142 e. The minimum atomic E-state index is -0.399. The third-order valence-electron chi connectivity index (χ3n) is 3.39. The Morgan fingerprint density at radius 1 is 0.955 bits per heavy atom. The Balaban J connectivity index is 2.28. The fraction of sp³-hybridized carbons (Fsp3) is 0. The van der Waals surface area contributed by atoms with Gasteiger partial charge in [-0.15, -0.1) is 0 Å². The summed E-state index contributed by atoms with van der Waals surface area (Å²) in [5.74, 6) is -0.300. The van der Waals surface area contributed by atoms with Crippen LogP contribution in [0.2, 0.25) is 0 Å². The number of anilines is 1. The number of hydrogen-bond donors (Lipinski definition) is 1. The highest BCUT2D eigenvalue weighted by molar-refractivity contribution is 5.80. The average molecular weight is 289 g/mol. The van der Waals surface area contributed by atoms with Crippen molar-refractivity contribution in [3.63, 3.8) is 0 Å². The van der Waals surface area contributed by atoms with Gasteiger partial charge in [-0.2, -0.15) is 5.26 Å². The standard InChI is InChI=1S/C18H12FN3/c19-16-9-5-4-8-13(16)14-10-17(12-6-2-1-3-7-12)22-18(21)15(14)11-20/h1-10H,(H2,21,22). The summed E-state index contributed by atoms with van der Waals surface area (Å²) in [6.45, 7) is 0. The molecule has 0 amide bonds. The van der Waals surface area contributed by atoms with Gasteiger partial charge in [0.05, 0.1) is 5.69 Å². The van der Waals surface area contributed by atoms with E-state index in [2.05, 4.69) is 4.98 Å². The molecule has 0 radical (unpaired) electrons. The summed E-state index contributed by atoms with van der Waals surface area (Å²) in [7, 11) is 0. The Morgan fingerprint density at radius 3 is 2.32 bits per heavy atom. The quantitative estimate of drug-likeness (QED) is 0.775. The zero-order valence-electron chi connectivity index (χ0n) is 11.6. The monoisotopic (exact) mass is 289 g/mol. The van der Waals surface area contributed by atoms with Crippen LogP contribution in [0.15, 0.2) is 60.7 Å². The number of rotatable bonds is 2. The van der Waals surface area contributed by atoms with Crippen molar-refractivity contribution in [2.24, 2.45) is 0 Å². The van der Waals surface area contributed by atoms with E-state index >= 15 is 0 Å². The van der Waals surface area contributed by atoms with Crippen LogP contribution in [-0.4, -0.2) is 4.98 Å². The predicted molar refractivity (Wildman–Crippen MR) is 84.2 cm³/mol. The first kappa shape index (κ1) is 13.8. The summed E-state index contributed by atoms with van der Waals surface area (Å²) in [5, 5.41) is 9.32. The molecular formula is C18H12FN3. The first-order valence-electron chi connectivity index (χ1n) is 6.71. The number of halogens is 1. The van der Waals surface area contributed by atoms with Crippen LogP contribution < -0.4 is 5.73 Å². The molecule has 1 heterocycles. The number of aromatic nitrogens is 1. The molecule has 1 aromatic heterocycles. The van der Waals surface area contributed by atoms with Crippen molar-refractivity contribution in [1.82, 2.24) is 4.98 Å². The van der Waals surface area contributed by atoms with Crippen molar-refractivity contribution in [2.75, 3.05) is 5.73 Å². The van der Waals surface area contributed by atoms with Crippen LogP contribution in [0.3, 0.4) is 0 Å². The Morgan fingerprint density at radius 2 is 1.64 bits per heavy atom. The van der Waals surface area contributed by atoms with Gasteiger partial charge in [0.15, 0.2) is 0 Å². The Bertz CT molecular complexity index is 867. The molecule has 3 nitrogen and oxygen atoms in total. The topological polar surface area (TPSA) is 62.7 Å². The highest BCUT2D eigenvalue weighted by atomic mass is 19.1. The number of pyridine rings is 1. The van der Waals surface area contributed by atoms with Gasteiger partial charge in [0.2, 0.25) is 0 Å². The molecule has 0 aliphatic heterocycles. The van der Waals surface area contributed by atoms with Gasteiger partial charge in [-0.25, -0.2) is 9.37 Å². The molecule has 0 bridgehead atoms. The Hall–Kier alpha value is -3.19. The first-order chi connectivity index (χ1) is 10.7. The van der Waals surface area contributed by atoms with E-state index in [0.29, 0.717) is 16.8 Å². The highest BCUT2D eigenvalue weighted by Crippen LogP contribution is 2.32. The lowest BCUT2D eigenvalue weighted by Crippen LogP contribution is -2.00. The molecule has 0 saturated carbocycles. The second-order valence-corrected chi connectivity index (χ2v) is 4.77. The highest BCUT2D eigenvalue weighted by Gasteiger charge is 2.15. The van der Waals surface area contributed by atoms with E-state index in [9.17, 15) is 9.65 Å². The number of nitrogen functional groups attached to an aromatic ring is 1. The maximum absolute atomic E-state index is 14.1. The van der Waals surface area contributed by atoms with Crippen molar-refractivity contribution in [3.05, 3.63) is 72.0 Å². The normalized spacial score (nSPS) is 10.2. The molecule has 2 aromatic carbocycles. The van der Waals surface area contributed by atoms with Crippen LogP contribution >= 0.6 is 0 Å². The van der Waals surface area contributed by atoms with Gasteiger partial charge >= 0.3 is 0 Å². The number of benzene rings is 2. The molecule has 0 fully saturated rings. The molecule has 106 valence electrons. The van der Waals surface area contributed by atoms with Crippen LogP contribution in [0.5, 0.6) is 0 Å². The SMILES string of the molecule is N#Cc1c(-c2ccccc2F)cc(-c2ccccc2)nc1N. The van der Waals surface area contributed by atoms with Crippen LogP contribution in [0.1, 0.15) is 5.56 Å². The summed E-state index contributed by atoms with van der Waals surface area (Å²) in [4.78, 5) is 4.26. The molecule has 0 unspecified atom stereocenters. The minimum absolute atomic E-state index is 0.0992. The van der Waals surface area contributed by atoms with Crippen molar-refractivity contribution < 1.29 is 4.39 Å². The van der Waals surface area contributed by atoms with Gasteiger partial charge in [-0.3, -0.25) is 0 Å². The van der Waals surface area contributed by atoms with E-state index in [4.69, 9.17) is 5.73 Å². The number of nitrogens with zero attached hydrogens (tertiary/aromatic N) is 2. The van der Waals surface area contributed by atoms with Gasteiger partial charge < -0.3 is 5.73 Å². The van der Waals surface area contributed by atoms with E-state index in [0.717, 1.165) is 5.56 Å². The lowest BCUT2D eigenvalue weighted by Gasteiger charge is -2.10. The fourth-order valence-corrected chi connectivity index (χ4v) is 2.33. The van der Waals surface area contributed by atoms with E-state index < -0.39 is 5.82 Å². The minimum Gasteiger partial charge on any atom is -0.383 e. The number of nitriles is 1. The molecule has 2 N–H and O–H groups in total. The maximum atomic E-state index is 14.1. The largest absolute Gasteiger partial charge is 0.383 e. The van der Waals surface area contributed by atoms with Crippen LogP contribution in [0.25, 0.3) is 22.4 Å². The van der Waals surface area contributed by atoms with Gasteiger partial charge in [0, 0.05) is 16.7 Å². The predicted octanol–water partition coefficient (Wildman–Crippen LogP) is 4.01. The molecule has 4 heteroatoms. The summed E-state index contributed by atoms with van der Waals surface area (Å²) >= 11 is 0. The average Bonchev–Trinajstić information content (AvgIpc) is 2.55. The van der Waals surface area contributed by atoms with Crippen molar-refractivity contribution in [1.29, 1.82) is 5.26 Å². The van der Waals surface area contributed by atoms with Gasteiger partial charge in [-0.1, -0.05) is 48.5 Å². The molecule has 0 aliphatic rings. The number of hydrogen-bond acceptors (Lipinski definition) is 3. The fourth-order valence-electron chi connectivity index (χ4n) is 2.33.